The summed E-state index contributed by atoms with van der Waals surface area (Å²) in [5.41, 5.74) is 17.7. The fourth-order valence-corrected chi connectivity index (χ4v) is 9.11. The van der Waals surface area contributed by atoms with E-state index >= 15 is 0 Å². The van der Waals surface area contributed by atoms with Gasteiger partial charge in [-0.3, -0.25) is 9.97 Å². The van der Waals surface area contributed by atoms with Crippen LogP contribution in [0.2, 0.25) is 0 Å². The summed E-state index contributed by atoms with van der Waals surface area (Å²) in [4.78, 5) is 24.5. The number of rotatable bonds is 7. The van der Waals surface area contributed by atoms with Gasteiger partial charge < -0.3 is 0 Å². The van der Waals surface area contributed by atoms with Crippen LogP contribution in [-0.2, 0) is 0 Å². The molecule has 5 nitrogen and oxygen atoms in total. The molecule has 0 atom stereocenters. The van der Waals surface area contributed by atoms with Crippen LogP contribution in [-0.4, -0.2) is 24.9 Å². The molecule has 5 heterocycles. The van der Waals surface area contributed by atoms with E-state index in [1.165, 1.54) is 5.56 Å². The topological polar surface area (TPSA) is 64.5 Å². The van der Waals surface area contributed by atoms with E-state index in [0.29, 0.717) is 0 Å². The van der Waals surface area contributed by atoms with Gasteiger partial charge in [-0.1, -0.05) is 152 Å². The Bertz CT molecular complexity index is 3580. The lowest BCUT2D eigenvalue weighted by atomic mass is 9.92. The molecular formula is C59H37N5. The third-order valence-electron chi connectivity index (χ3n) is 12.3. The Hall–Kier alpha value is -8.67. The highest BCUT2D eigenvalue weighted by Gasteiger charge is 2.18. The Balaban J connectivity index is 1.01. The molecule has 0 amide bonds. The lowest BCUT2D eigenvalue weighted by Gasteiger charge is -2.16. The Morgan fingerprint density at radius 1 is 0.266 bits per heavy atom. The smallest absolute Gasteiger partial charge is 0.0978 e. The lowest BCUT2D eigenvalue weighted by molar-refractivity contribution is 1.32. The van der Waals surface area contributed by atoms with Gasteiger partial charge >= 0.3 is 0 Å². The minimum Gasteiger partial charge on any atom is -0.265 e. The number of benzene rings is 7. The van der Waals surface area contributed by atoms with Crippen molar-refractivity contribution in [2.75, 3.05) is 0 Å². The maximum atomic E-state index is 5.45. The first-order valence-electron chi connectivity index (χ1n) is 21.5. The summed E-state index contributed by atoms with van der Waals surface area (Å²) >= 11 is 0. The summed E-state index contributed by atoms with van der Waals surface area (Å²) in [6, 6.07) is 70.7. The maximum Gasteiger partial charge on any atom is 0.0978 e. The van der Waals surface area contributed by atoms with Gasteiger partial charge in [0.25, 0.3) is 0 Å². The number of hydrogen-bond donors (Lipinski definition) is 0. The van der Waals surface area contributed by atoms with Crippen molar-refractivity contribution < 1.29 is 0 Å². The molecule has 5 aromatic heterocycles. The zero-order valence-electron chi connectivity index (χ0n) is 34.6. The van der Waals surface area contributed by atoms with E-state index in [9.17, 15) is 0 Å². The first-order chi connectivity index (χ1) is 31.7. The number of aromatic nitrogens is 5. The molecule has 12 rings (SSSR count). The van der Waals surface area contributed by atoms with Gasteiger partial charge in [0.1, 0.15) is 0 Å². The van der Waals surface area contributed by atoms with Crippen LogP contribution >= 0.6 is 0 Å². The van der Waals surface area contributed by atoms with Gasteiger partial charge in [-0.2, -0.15) is 0 Å². The fraction of sp³-hybridized carbons (Fsp3) is 0. The van der Waals surface area contributed by atoms with Crippen LogP contribution in [0.3, 0.4) is 0 Å². The van der Waals surface area contributed by atoms with E-state index in [2.05, 4.69) is 186 Å². The summed E-state index contributed by atoms with van der Waals surface area (Å²) in [7, 11) is 0. The predicted molar refractivity (Wildman–Crippen MR) is 263 cm³/mol. The van der Waals surface area contributed by atoms with Crippen molar-refractivity contribution in [1.82, 2.24) is 24.9 Å². The predicted octanol–water partition coefficient (Wildman–Crippen LogP) is 14.9. The van der Waals surface area contributed by atoms with Gasteiger partial charge in [-0.05, 0) is 98.2 Å². The monoisotopic (exact) mass is 815 g/mol. The van der Waals surface area contributed by atoms with Crippen LogP contribution in [0, 0.1) is 0 Å². The van der Waals surface area contributed by atoms with Gasteiger partial charge in [0.05, 0.1) is 33.6 Å². The van der Waals surface area contributed by atoms with E-state index in [4.69, 9.17) is 15.0 Å². The molecule has 0 saturated heterocycles. The zero-order chi connectivity index (χ0) is 42.4. The minimum atomic E-state index is 0.888. The molecule has 0 aliphatic rings. The Morgan fingerprint density at radius 3 is 1.42 bits per heavy atom. The van der Waals surface area contributed by atoms with Gasteiger partial charge in [0.15, 0.2) is 0 Å². The van der Waals surface area contributed by atoms with Gasteiger partial charge in [-0.25, -0.2) is 15.0 Å². The van der Waals surface area contributed by atoms with E-state index in [1.54, 1.807) is 0 Å². The second kappa shape index (κ2) is 15.7. The summed E-state index contributed by atoms with van der Waals surface area (Å²) in [6.45, 7) is 0. The zero-order valence-corrected chi connectivity index (χ0v) is 34.6. The average molecular weight is 816 g/mol. The number of nitrogens with zero attached hydrogens (tertiary/aromatic N) is 5. The Labute approximate surface area is 370 Å². The summed E-state index contributed by atoms with van der Waals surface area (Å²) in [5, 5.41) is 5.53. The van der Waals surface area contributed by atoms with Crippen molar-refractivity contribution in [2.24, 2.45) is 0 Å². The fourth-order valence-electron chi connectivity index (χ4n) is 9.11. The molecule has 0 fully saturated rings. The van der Waals surface area contributed by atoms with Gasteiger partial charge in [-0.15, -0.1) is 0 Å². The maximum absolute atomic E-state index is 5.45. The highest BCUT2D eigenvalue weighted by atomic mass is 14.8. The van der Waals surface area contributed by atoms with E-state index in [0.717, 1.165) is 116 Å². The molecule has 0 unspecified atom stereocenters. The summed E-state index contributed by atoms with van der Waals surface area (Å²) < 4.78 is 0. The first-order valence-corrected chi connectivity index (χ1v) is 21.5. The number of hydrogen-bond acceptors (Lipinski definition) is 5. The SMILES string of the molecule is c1ccc(-c2c3ccccc3nc3c2ccc2ccc(-c4ccc(-c5cc(-c6ccc(-c7ccncc7)cc6)nc(-c6ccc(-c7ccncc7)cc6)c5)c5ccccc45)nc23)cc1. The largest absolute Gasteiger partial charge is 0.265 e. The molecule has 0 spiro atoms. The third-order valence-corrected chi connectivity index (χ3v) is 12.3. The van der Waals surface area contributed by atoms with Crippen molar-refractivity contribution in [2.45, 2.75) is 0 Å². The lowest BCUT2D eigenvalue weighted by Crippen LogP contribution is -1.94. The molecule has 298 valence electrons. The highest BCUT2D eigenvalue weighted by molar-refractivity contribution is 6.16. The molecule has 7 aromatic carbocycles. The van der Waals surface area contributed by atoms with Crippen molar-refractivity contribution in [3.63, 3.8) is 0 Å². The molecule has 12 aromatic rings. The number of para-hydroxylation sites is 1. The van der Waals surface area contributed by atoms with Crippen molar-refractivity contribution in [3.05, 3.63) is 225 Å². The molecule has 0 bridgehead atoms. The van der Waals surface area contributed by atoms with Gasteiger partial charge in [0, 0.05) is 63.2 Å². The normalized spacial score (nSPS) is 11.4. The highest BCUT2D eigenvalue weighted by Crippen LogP contribution is 2.41. The van der Waals surface area contributed by atoms with Crippen LogP contribution in [0.5, 0.6) is 0 Å². The quantitative estimate of drug-likeness (QED) is 0.118. The Morgan fingerprint density at radius 2 is 0.781 bits per heavy atom. The molecule has 5 heteroatoms. The second-order valence-electron chi connectivity index (χ2n) is 16.1. The Kier molecular flexibility index (Phi) is 9.08. The standard InChI is InChI=1S/C59H37N5/c1-2-8-44(9-3-1)57-51-12-6-7-13-53(51)64-59-52(57)24-22-45-23-27-54(63-58(45)59)50-26-25-47(48-10-4-5-11-49(48)50)46-36-55(42-18-14-38(15-19-42)40-28-32-60-33-29-40)62-56(37-46)43-20-16-39(17-21-43)41-30-34-61-35-31-41/h1-37H. The van der Waals surface area contributed by atoms with Crippen LogP contribution in [0.1, 0.15) is 0 Å². The molecule has 64 heavy (non-hydrogen) atoms. The summed E-state index contributed by atoms with van der Waals surface area (Å²) in [5.74, 6) is 0. The van der Waals surface area contributed by atoms with Crippen LogP contribution in [0.15, 0.2) is 225 Å². The number of pyridine rings is 5. The first kappa shape index (κ1) is 37.1. The van der Waals surface area contributed by atoms with Crippen LogP contribution in [0.25, 0.3) is 122 Å². The molecule has 0 radical (unpaired) electrons. The molecule has 0 saturated carbocycles. The van der Waals surface area contributed by atoms with Gasteiger partial charge in [0.2, 0.25) is 0 Å². The second-order valence-corrected chi connectivity index (χ2v) is 16.1. The molecular weight excluding hydrogens is 779 g/mol. The molecule has 0 aliphatic heterocycles. The van der Waals surface area contributed by atoms with E-state index in [-0.39, 0.29) is 0 Å². The third kappa shape index (κ3) is 6.64. The van der Waals surface area contributed by atoms with Crippen molar-refractivity contribution in [3.8, 4) is 78.3 Å². The van der Waals surface area contributed by atoms with Crippen LogP contribution in [0.4, 0.5) is 0 Å². The molecule has 0 N–H and O–H groups in total. The van der Waals surface area contributed by atoms with Crippen LogP contribution < -0.4 is 0 Å². The minimum absolute atomic E-state index is 0.888. The average Bonchev–Trinajstić information content (AvgIpc) is 3.38. The molecule has 0 aliphatic carbocycles. The van der Waals surface area contributed by atoms with Crippen molar-refractivity contribution in [1.29, 1.82) is 0 Å². The van der Waals surface area contributed by atoms with E-state index in [1.807, 2.05) is 49.1 Å². The number of fused-ring (bicyclic) bond motifs is 5. The summed E-state index contributed by atoms with van der Waals surface area (Å²) in [6.07, 6.45) is 7.31. The van der Waals surface area contributed by atoms with E-state index < -0.39 is 0 Å². The van der Waals surface area contributed by atoms with Crippen molar-refractivity contribution >= 4 is 43.5 Å².